The van der Waals surface area contributed by atoms with Gasteiger partial charge in [0.05, 0.1) is 17.3 Å². The van der Waals surface area contributed by atoms with Crippen molar-refractivity contribution in [1.29, 1.82) is 0 Å². The molecule has 0 amide bonds. The van der Waals surface area contributed by atoms with Crippen LogP contribution in [0.25, 0.3) is 0 Å². The van der Waals surface area contributed by atoms with Gasteiger partial charge in [-0.25, -0.2) is 4.79 Å². The fourth-order valence-corrected chi connectivity index (χ4v) is 3.55. The number of ether oxygens (including phenoxy) is 1. The molecule has 4 nitrogen and oxygen atoms in total. The fraction of sp³-hybridized carbons (Fsp3) is 0.643. The minimum Gasteiger partial charge on any atom is -0.462 e. The number of hydrogen-bond donors (Lipinski definition) is 1. The van der Waals surface area contributed by atoms with Crippen LogP contribution >= 0.6 is 11.3 Å². The van der Waals surface area contributed by atoms with Crippen LogP contribution in [0.4, 0.5) is 10.7 Å². The zero-order chi connectivity index (χ0) is 13.8. The van der Waals surface area contributed by atoms with Crippen molar-refractivity contribution < 1.29 is 9.53 Å². The van der Waals surface area contributed by atoms with Gasteiger partial charge in [0.1, 0.15) is 4.88 Å². The van der Waals surface area contributed by atoms with Crippen molar-refractivity contribution in [2.45, 2.75) is 32.6 Å². The number of rotatable bonds is 5. The molecule has 0 aliphatic heterocycles. The quantitative estimate of drug-likeness (QED) is 0.843. The number of nitrogens with zero attached hydrogens (tertiary/aromatic N) is 1. The summed E-state index contributed by atoms with van der Waals surface area (Å²) in [4.78, 5) is 14.5. The van der Waals surface area contributed by atoms with Crippen LogP contribution in [0, 0.1) is 5.92 Å². The Labute approximate surface area is 118 Å². The molecule has 2 rings (SSSR count). The van der Waals surface area contributed by atoms with E-state index in [1.165, 1.54) is 37.0 Å². The van der Waals surface area contributed by atoms with E-state index in [9.17, 15) is 4.79 Å². The molecule has 5 heteroatoms. The summed E-state index contributed by atoms with van der Waals surface area (Å²) in [7, 11) is 2.07. The van der Waals surface area contributed by atoms with E-state index in [1.807, 2.05) is 6.07 Å². The van der Waals surface area contributed by atoms with Gasteiger partial charge in [-0.3, -0.25) is 0 Å². The van der Waals surface area contributed by atoms with E-state index in [0.29, 0.717) is 17.2 Å². The van der Waals surface area contributed by atoms with Gasteiger partial charge in [-0.2, -0.15) is 0 Å². The molecule has 0 unspecified atom stereocenters. The van der Waals surface area contributed by atoms with E-state index in [4.69, 9.17) is 10.5 Å². The van der Waals surface area contributed by atoms with E-state index in [-0.39, 0.29) is 5.97 Å². The average Bonchev–Trinajstić information content (AvgIpc) is 2.98. The molecule has 1 aromatic rings. The summed E-state index contributed by atoms with van der Waals surface area (Å²) >= 11 is 1.43. The summed E-state index contributed by atoms with van der Waals surface area (Å²) in [6, 6.07) is 1.88. The fourth-order valence-electron chi connectivity index (χ4n) is 2.61. The first kappa shape index (κ1) is 14.2. The molecule has 0 atom stereocenters. The lowest BCUT2D eigenvalue weighted by Crippen LogP contribution is -2.23. The van der Waals surface area contributed by atoms with Gasteiger partial charge in [0.25, 0.3) is 0 Å². The van der Waals surface area contributed by atoms with Crippen LogP contribution < -0.4 is 10.6 Å². The molecule has 0 bridgehead atoms. The first-order valence-electron chi connectivity index (χ1n) is 6.89. The molecule has 1 aliphatic rings. The molecule has 2 N–H and O–H groups in total. The van der Waals surface area contributed by atoms with Crippen LogP contribution in [0.5, 0.6) is 0 Å². The Morgan fingerprint density at radius 1 is 1.53 bits per heavy atom. The van der Waals surface area contributed by atoms with Crippen LogP contribution in [-0.4, -0.2) is 26.2 Å². The zero-order valence-electron chi connectivity index (χ0n) is 11.6. The summed E-state index contributed by atoms with van der Waals surface area (Å²) in [5, 5.41) is 1.05. The van der Waals surface area contributed by atoms with E-state index < -0.39 is 0 Å². The Morgan fingerprint density at radius 3 is 2.84 bits per heavy atom. The Hall–Kier alpha value is -1.23. The lowest BCUT2D eigenvalue weighted by atomic mass is 10.1. The number of carbonyl (C=O) groups is 1. The first-order valence-corrected chi connectivity index (χ1v) is 7.71. The number of esters is 1. The smallest absolute Gasteiger partial charge is 0.350 e. The van der Waals surface area contributed by atoms with Gasteiger partial charge < -0.3 is 15.4 Å². The van der Waals surface area contributed by atoms with Crippen LogP contribution in [0.1, 0.15) is 42.3 Å². The molecular weight excluding hydrogens is 260 g/mol. The van der Waals surface area contributed by atoms with Gasteiger partial charge in [-0.15, -0.1) is 11.3 Å². The molecule has 19 heavy (non-hydrogen) atoms. The normalized spacial score (nSPS) is 15.7. The number of nitrogens with two attached hydrogens (primary N) is 1. The zero-order valence-corrected chi connectivity index (χ0v) is 12.5. The van der Waals surface area contributed by atoms with E-state index in [2.05, 4.69) is 11.9 Å². The maximum absolute atomic E-state index is 11.7. The van der Waals surface area contributed by atoms with Crippen molar-refractivity contribution in [3.05, 3.63) is 10.9 Å². The van der Waals surface area contributed by atoms with E-state index in [1.54, 1.807) is 6.92 Å². The van der Waals surface area contributed by atoms with Gasteiger partial charge in [0, 0.05) is 13.6 Å². The van der Waals surface area contributed by atoms with Crippen molar-refractivity contribution in [3.8, 4) is 0 Å². The van der Waals surface area contributed by atoms with Gasteiger partial charge in [-0.1, -0.05) is 12.8 Å². The summed E-state index contributed by atoms with van der Waals surface area (Å²) < 4.78 is 5.01. The molecule has 1 saturated carbocycles. The van der Waals surface area contributed by atoms with Crippen molar-refractivity contribution in [2.75, 3.05) is 30.8 Å². The number of carbonyl (C=O) groups excluding carboxylic acids is 1. The largest absolute Gasteiger partial charge is 0.462 e. The predicted octanol–water partition coefficient (Wildman–Crippen LogP) is 3.13. The number of nitrogen functional groups attached to an aromatic ring is 1. The molecule has 0 saturated heterocycles. The summed E-state index contributed by atoms with van der Waals surface area (Å²) in [6.45, 7) is 3.22. The second-order valence-corrected chi connectivity index (χ2v) is 6.15. The Morgan fingerprint density at radius 2 is 2.21 bits per heavy atom. The predicted molar refractivity (Wildman–Crippen MR) is 79.9 cm³/mol. The average molecular weight is 282 g/mol. The van der Waals surface area contributed by atoms with Crippen LogP contribution in [0.3, 0.4) is 0 Å². The number of thiophene rings is 1. The summed E-state index contributed by atoms with van der Waals surface area (Å²) in [6.07, 6.45) is 5.32. The molecule has 1 fully saturated rings. The maximum Gasteiger partial charge on any atom is 0.350 e. The molecule has 106 valence electrons. The number of hydrogen-bond acceptors (Lipinski definition) is 5. The topological polar surface area (TPSA) is 55.6 Å². The van der Waals surface area contributed by atoms with Crippen molar-refractivity contribution >= 4 is 28.0 Å². The van der Waals surface area contributed by atoms with Crippen LogP contribution in [-0.2, 0) is 4.74 Å². The first-order chi connectivity index (χ1) is 9.11. The third-order valence-electron chi connectivity index (χ3n) is 3.59. The van der Waals surface area contributed by atoms with Gasteiger partial charge in [-0.05, 0) is 31.7 Å². The highest BCUT2D eigenvalue weighted by Gasteiger charge is 2.20. The molecule has 1 aromatic heterocycles. The number of anilines is 2. The van der Waals surface area contributed by atoms with Crippen molar-refractivity contribution in [2.24, 2.45) is 5.92 Å². The molecule has 1 heterocycles. The second-order valence-electron chi connectivity index (χ2n) is 5.12. The van der Waals surface area contributed by atoms with E-state index in [0.717, 1.165) is 17.5 Å². The minimum absolute atomic E-state index is 0.314. The Kier molecular flexibility index (Phi) is 4.69. The van der Waals surface area contributed by atoms with Crippen molar-refractivity contribution in [3.63, 3.8) is 0 Å². The lowest BCUT2D eigenvalue weighted by Gasteiger charge is -2.21. The highest BCUT2D eigenvalue weighted by molar-refractivity contribution is 7.18. The summed E-state index contributed by atoms with van der Waals surface area (Å²) in [5.74, 6) is 0.463. The summed E-state index contributed by atoms with van der Waals surface area (Å²) in [5.41, 5.74) is 6.43. The van der Waals surface area contributed by atoms with Crippen molar-refractivity contribution in [1.82, 2.24) is 0 Å². The SMILES string of the molecule is CCOC(=O)c1sc(N(C)CC2CCCC2)cc1N. The standard InChI is InChI=1S/C14H22N2O2S/c1-3-18-14(17)13-11(15)8-12(19-13)16(2)9-10-6-4-5-7-10/h8,10H,3-7,9,15H2,1-2H3. The van der Waals surface area contributed by atoms with Crippen LogP contribution in [0.2, 0.25) is 0 Å². The molecular formula is C14H22N2O2S. The Balaban J connectivity index is 2.03. The minimum atomic E-state index is -0.314. The van der Waals surface area contributed by atoms with Gasteiger partial charge >= 0.3 is 5.97 Å². The molecule has 0 spiro atoms. The second kappa shape index (κ2) is 6.28. The van der Waals surface area contributed by atoms with Gasteiger partial charge in [0.15, 0.2) is 0 Å². The van der Waals surface area contributed by atoms with E-state index >= 15 is 0 Å². The Bertz CT molecular complexity index is 439. The molecule has 0 aromatic carbocycles. The van der Waals surface area contributed by atoms with Crippen LogP contribution in [0.15, 0.2) is 6.07 Å². The monoisotopic (exact) mass is 282 g/mol. The lowest BCUT2D eigenvalue weighted by molar-refractivity contribution is 0.0533. The highest BCUT2D eigenvalue weighted by Crippen LogP contribution is 2.34. The maximum atomic E-state index is 11.7. The third kappa shape index (κ3) is 3.41. The molecule has 0 radical (unpaired) electrons. The van der Waals surface area contributed by atoms with Gasteiger partial charge in [0.2, 0.25) is 0 Å². The third-order valence-corrected chi connectivity index (χ3v) is 4.84. The highest BCUT2D eigenvalue weighted by atomic mass is 32.1. The molecule has 1 aliphatic carbocycles.